The van der Waals surface area contributed by atoms with E-state index in [0.717, 1.165) is 5.39 Å². The molecular formula is C18H10N3O7P. The van der Waals surface area contributed by atoms with Crippen LogP contribution in [0.15, 0.2) is 63.0 Å². The molecule has 4 aromatic rings. The summed E-state index contributed by atoms with van der Waals surface area (Å²) in [7, 11) is -4.66. The summed E-state index contributed by atoms with van der Waals surface area (Å²) in [5.41, 5.74) is 2.08. The maximum Gasteiger partial charge on any atom is 0.557 e. The Kier molecular flexibility index (Phi) is 3.82. The molecule has 0 aliphatic carbocycles. The van der Waals surface area contributed by atoms with E-state index in [4.69, 9.17) is 18.4 Å². The van der Waals surface area contributed by atoms with Crippen LogP contribution in [0.5, 0.6) is 17.2 Å². The van der Waals surface area contributed by atoms with Crippen LogP contribution in [0.4, 0.5) is 0 Å². The number of pyridine rings is 1. The second kappa shape index (κ2) is 6.39. The molecule has 5 rings (SSSR count). The number of hydrogen-bond donors (Lipinski definition) is 0. The third-order valence-corrected chi connectivity index (χ3v) is 5.29. The Hall–Kier alpha value is -3.78. The Bertz CT molecular complexity index is 1340. The van der Waals surface area contributed by atoms with Crippen molar-refractivity contribution in [3.8, 4) is 28.5 Å². The molecule has 0 saturated carbocycles. The molecule has 0 unspecified atom stereocenters. The zero-order valence-corrected chi connectivity index (χ0v) is 15.4. The summed E-state index contributed by atoms with van der Waals surface area (Å²) < 4.78 is 33.6. The molecule has 0 N–H and O–H groups in total. The molecule has 1 aliphatic heterocycles. The summed E-state index contributed by atoms with van der Waals surface area (Å²) in [6.07, 6.45) is 1.52. The highest BCUT2D eigenvalue weighted by atomic mass is 31.2. The Morgan fingerprint density at radius 3 is 2.55 bits per heavy atom. The number of aromatic nitrogens is 1. The quantitative estimate of drug-likeness (QED) is 0.315. The molecule has 2 aromatic carbocycles. The fourth-order valence-corrected chi connectivity index (χ4v) is 3.65. The van der Waals surface area contributed by atoms with Gasteiger partial charge in [0, 0.05) is 28.5 Å². The third kappa shape index (κ3) is 2.81. The van der Waals surface area contributed by atoms with Gasteiger partial charge in [-0.05, 0) is 12.1 Å². The van der Waals surface area contributed by atoms with Crippen molar-refractivity contribution in [3.63, 3.8) is 0 Å². The highest BCUT2D eigenvalue weighted by Crippen LogP contribution is 2.52. The van der Waals surface area contributed by atoms with Crippen molar-refractivity contribution in [1.29, 1.82) is 0 Å². The number of fused-ring (bicyclic) bond motifs is 3. The summed E-state index contributed by atoms with van der Waals surface area (Å²) in [4.78, 5) is 30.9. The Balaban J connectivity index is 1.77. The Morgan fingerprint density at radius 1 is 1.00 bits per heavy atom. The molecule has 2 aromatic heterocycles. The lowest BCUT2D eigenvalue weighted by Gasteiger charge is -2.11. The molecule has 0 atom stereocenters. The predicted octanol–water partition coefficient (Wildman–Crippen LogP) is 5.40. The van der Waals surface area contributed by atoms with E-state index >= 15 is 0 Å². The van der Waals surface area contributed by atoms with Crippen LogP contribution in [-0.2, 0) is 4.57 Å². The number of furan rings is 1. The number of nitroso groups, excluding NO2 is 2. The monoisotopic (exact) mass is 411 g/mol. The second-order valence-corrected chi connectivity index (χ2v) is 7.61. The molecule has 0 saturated heterocycles. The lowest BCUT2D eigenvalue weighted by molar-refractivity contribution is 0.174. The van der Waals surface area contributed by atoms with Gasteiger partial charge in [0.25, 0.3) is 0 Å². The van der Waals surface area contributed by atoms with Crippen LogP contribution < -0.4 is 14.0 Å². The van der Waals surface area contributed by atoms with E-state index in [1.54, 1.807) is 18.2 Å². The van der Waals surface area contributed by atoms with Crippen molar-refractivity contribution in [1.82, 2.24) is 4.98 Å². The average Bonchev–Trinajstić information content (AvgIpc) is 3.38. The molecule has 29 heavy (non-hydrogen) atoms. The molecule has 0 amide bonds. The first-order chi connectivity index (χ1) is 14.1. The third-order valence-electron chi connectivity index (χ3n) is 4.45. The number of benzene rings is 2. The number of para-hydroxylation sites is 1. The zero-order chi connectivity index (χ0) is 20.0. The molecule has 11 heteroatoms. The second-order valence-electron chi connectivity index (χ2n) is 6.12. The van der Waals surface area contributed by atoms with Crippen molar-refractivity contribution in [2.75, 3.05) is 6.79 Å². The minimum Gasteiger partial charge on any atom is -0.464 e. The van der Waals surface area contributed by atoms with Crippen molar-refractivity contribution in [3.05, 3.63) is 58.5 Å². The van der Waals surface area contributed by atoms with Crippen LogP contribution in [0.2, 0.25) is 0 Å². The summed E-state index contributed by atoms with van der Waals surface area (Å²) in [5, 5.41) is 1.13. The fourth-order valence-electron chi connectivity index (χ4n) is 3.15. The van der Waals surface area contributed by atoms with Gasteiger partial charge < -0.3 is 18.4 Å². The van der Waals surface area contributed by atoms with Crippen LogP contribution in [-0.4, -0.2) is 11.8 Å². The van der Waals surface area contributed by atoms with Crippen molar-refractivity contribution in [2.24, 2.45) is 9.89 Å². The fraction of sp³-hybridized carbons (Fsp3) is 0.0556. The smallest absolute Gasteiger partial charge is 0.464 e. The van der Waals surface area contributed by atoms with E-state index in [0.29, 0.717) is 39.2 Å². The van der Waals surface area contributed by atoms with E-state index in [-0.39, 0.29) is 12.5 Å². The van der Waals surface area contributed by atoms with Crippen molar-refractivity contribution < 1.29 is 23.0 Å². The van der Waals surface area contributed by atoms with Crippen LogP contribution in [0.3, 0.4) is 0 Å². The minimum atomic E-state index is -4.66. The number of ether oxygens (including phenoxy) is 2. The normalized spacial score (nSPS) is 13.0. The van der Waals surface area contributed by atoms with Crippen LogP contribution >= 0.6 is 7.67 Å². The Labute approximate surface area is 161 Å². The molecule has 144 valence electrons. The van der Waals surface area contributed by atoms with Gasteiger partial charge in [-0.1, -0.05) is 18.2 Å². The highest BCUT2D eigenvalue weighted by molar-refractivity contribution is 7.56. The topological polar surface area (TPSA) is 130 Å². The zero-order valence-electron chi connectivity index (χ0n) is 14.5. The summed E-state index contributed by atoms with van der Waals surface area (Å²) in [6.45, 7) is 0.0331. The first kappa shape index (κ1) is 17.3. The van der Waals surface area contributed by atoms with Crippen LogP contribution in [0.1, 0.15) is 0 Å². The van der Waals surface area contributed by atoms with Gasteiger partial charge in [0.15, 0.2) is 11.5 Å². The van der Waals surface area contributed by atoms with E-state index in [2.05, 4.69) is 14.9 Å². The predicted molar refractivity (Wildman–Crippen MR) is 103 cm³/mol. The van der Waals surface area contributed by atoms with Gasteiger partial charge in [-0.15, -0.1) is 9.81 Å². The molecule has 0 bridgehead atoms. The van der Waals surface area contributed by atoms with Crippen LogP contribution in [0, 0.1) is 9.81 Å². The molecular weight excluding hydrogens is 401 g/mol. The van der Waals surface area contributed by atoms with Gasteiger partial charge in [-0.2, -0.15) is 0 Å². The van der Waals surface area contributed by atoms with Crippen molar-refractivity contribution >= 4 is 29.5 Å². The molecule has 3 heterocycles. The molecule has 0 spiro atoms. The van der Waals surface area contributed by atoms with Gasteiger partial charge in [0.1, 0.15) is 17.6 Å². The lowest BCUT2D eigenvalue weighted by Crippen LogP contribution is -1.93. The largest absolute Gasteiger partial charge is 0.557 e. The van der Waals surface area contributed by atoms with Gasteiger partial charge in [0.05, 0.1) is 21.1 Å². The minimum absolute atomic E-state index is 0.0331. The van der Waals surface area contributed by atoms with Crippen LogP contribution in [0.25, 0.3) is 33.1 Å². The first-order valence-electron chi connectivity index (χ1n) is 8.31. The SMILES string of the molecule is O=NP(=O)(N=O)Oc1cc(-c2coc3ccccc23)nc2cc3c(cc12)OCO3. The first-order valence-corrected chi connectivity index (χ1v) is 9.84. The van der Waals surface area contributed by atoms with E-state index in [9.17, 15) is 14.4 Å². The van der Waals surface area contributed by atoms with Crippen molar-refractivity contribution in [2.45, 2.75) is 0 Å². The maximum absolute atomic E-state index is 12.1. The summed E-state index contributed by atoms with van der Waals surface area (Å²) >= 11 is 0. The van der Waals surface area contributed by atoms with Gasteiger partial charge in [-0.25, -0.2) is 9.55 Å². The van der Waals surface area contributed by atoms with Gasteiger partial charge in [0.2, 0.25) is 6.79 Å². The van der Waals surface area contributed by atoms with E-state index in [1.807, 2.05) is 18.2 Å². The molecule has 10 nitrogen and oxygen atoms in total. The maximum atomic E-state index is 12.1. The molecule has 0 radical (unpaired) electrons. The van der Waals surface area contributed by atoms with E-state index < -0.39 is 7.67 Å². The molecule has 0 fully saturated rings. The average molecular weight is 411 g/mol. The lowest BCUT2D eigenvalue weighted by atomic mass is 10.1. The standard InChI is InChI=1S/C18H10N3O7P/c22-20-29(24,21-23)28-16-6-14(12-8-25-15-4-2-1-3-10(12)15)19-13-7-18-17(5-11(13)16)26-9-27-18/h1-8H,9H2. The summed E-state index contributed by atoms with van der Waals surface area (Å²) in [6, 6.07) is 11.9. The van der Waals surface area contributed by atoms with Gasteiger partial charge >= 0.3 is 7.67 Å². The summed E-state index contributed by atoms with van der Waals surface area (Å²) in [5.74, 6) is 0.824. The number of nitrogens with zero attached hydrogens (tertiary/aromatic N) is 3. The van der Waals surface area contributed by atoms with E-state index in [1.165, 1.54) is 12.3 Å². The molecule has 1 aliphatic rings. The number of rotatable bonds is 5. The Morgan fingerprint density at radius 2 is 1.76 bits per heavy atom. The van der Waals surface area contributed by atoms with Gasteiger partial charge in [-0.3, -0.25) is 0 Å². The highest BCUT2D eigenvalue weighted by Gasteiger charge is 2.30. The number of hydrogen-bond acceptors (Lipinski definition) is 8.